The summed E-state index contributed by atoms with van der Waals surface area (Å²) >= 11 is 5.95. The molecule has 1 aromatic heterocycles. The Labute approximate surface area is 162 Å². The second kappa shape index (κ2) is 7.00. The van der Waals surface area contributed by atoms with Crippen molar-refractivity contribution in [3.8, 4) is 5.69 Å². The minimum absolute atomic E-state index is 0.0191. The lowest BCUT2D eigenvalue weighted by Gasteiger charge is -2.32. The fourth-order valence-electron chi connectivity index (χ4n) is 4.57. The van der Waals surface area contributed by atoms with Crippen molar-refractivity contribution in [2.24, 2.45) is 5.92 Å². The number of amides is 1. The lowest BCUT2D eigenvalue weighted by atomic mass is 9.84. The number of benzene rings is 1. The molecule has 1 saturated heterocycles. The van der Waals surface area contributed by atoms with E-state index in [4.69, 9.17) is 11.6 Å². The van der Waals surface area contributed by atoms with Gasteiger partial charge in [-0.2, -0.15) is 5.10 Å². The van der Waals surface area contributed by atoms with E-state index in [1.807, 2.05) is 19.1 Å². The first-order valence-corrected chi connectivity index (χ1v) is 9.71. The number of aliphatic carboxylic acids is 1. The molecule has 2 heterocycles. The predicted molar refractivity (Wildman–Crippen MR) is 101 cm³/mol. The molecule has 1 aliphatic heterocycles. The number of carbonyl (C=O) groups excluding carboxylic acids is 1. The van der Waals surface area contributed by atoms with Gasteiger partial charge in [-0.1, -0.05) is 24.4 Å². The summed E-state index contributed by atoms with van der Waals surface area (Å²) in [5, 5.41) is 14.7. The molecule has 6 nitrogen and oxygen atoms in total. The van der Waals surface area contributed by atoms with Gasteiger partial charge in [0.05, 0.1) is 23.1 Å². The molecule has 27 heavy (non-hydrogen) atoms. The average molecular weight is 388 g/mol. The maximum atomic E-state index is 13.3. The zero-order valence-electron chi connectivity index (χ0n) is 15.1. The highest BCUT2D eigenvalue weighted by molar-refractivity contribution is 6.30. The monoisotopic (exact) mass is 387 g/mol. The van der Waals surface area contributed by atoms with E-state index in [2.05, 4.69) is 5.10 Å². The van der Waals surface area contributed by atoms with Gasteiger partial charge in [-0.25, -0.2) is 9.48 Å². The molecule has 1 N–H and O–H groups in total. The summed E-state index contributed by atoms with van der Waals surface area (Å²) in [6, 6.07) is 6.49. The van der Waals surface area contributed by atoms with Crippen LogP contribution in [0.15, 0.2) is 30.5 Å². The first-order chi connectivity index (χ1) is 13.0. The third-order valence-corrected chi connectivity index (χ3v) is 6.17. The first kappa shape index (κ1) is 18.0. The number of aromatic nitrogens is 2. The summed E-state index contributed by atoms with van der Waals surface area (Å²) in [4.78, 5) is 26.7. The number of halogens is 1. The third-order valence-electron chi connectivity index (χ3n) is 5.92. The fraction of sp³-hybridized carbons (Fsp3) is 0.450. The van der Waals surface area contributed by atoms with Gasteiger partial charge in [0, 0.05) is 11.1 Å². The Hall–Kier alpha value is -2.34. The Bertz CT molecular complexity index is 877. The summed E-state index contributed by atoms with van der Waals surface area (Å²) in [6.07, 6.45) is 6.13. The van der Waals surface area contributed by atoms with Crippen molar-refractivity contribution in [2.75, 3.05) is 0 Å². The summed E-state index contributed by atoms with van der Waals surface area (Å²) in [6.45, 7) is 1.83. The molecule has 1 aliphatic carbocycles. The van der Waals surface area contributed by atoms with E-state index in [-0.39, 0.29) is 17.9 Å². The number of carboxylic acids is 1. The van der Waals surface area contributed by atoms with Gasteiger partial charge in [0.25, 0.3) is 5.91 Å². The maximum Gasteiger partial charge on any atom is 0.326 e. The maximum absolute atomic E-state index is 13.3. The Morgan fingerprint density at radius 3 is 2.59 bits per heavy atom. The van der Waals surface area contributed by atoms with Crippen LogP contribution >= 0.6 is 11.6 Å². The van der Waals surface area contributed by atoms with E-state index in [9.17, 15) is 14.7 Å². The molecule has 0 spiro atoms. The van der Waals surface area contributed by atoms with Gasteiger partial charge in [-0.15, -0.1) is 0 Å². The Morgan fingerprint density at radius 2 is 1.89 bits per heavy atom. The number of hydrogen-bond acceptors (Lipinski definition) is 3. The molecule has 1 aromatic carbocycles. The third kappa shape index (κ3) is 3.12. The van der Waals surface area contributed by atoms with Crippen LogP contribution in [0.2, 0.25) is 5.02 Å². The van der Waals surface area contributed by atoms with Crippen LogP contribution in [0.4, 0.5) is 0 Å². The van der Waals surface area contributed by atoms with Crippen LogP contribution in [0.3, 0.4) is 0 Å². The van der Waals surface area contributed by atoms with Crippen LogP contribution in [0.5, 0.6) is 0 Å². The lowest BCUT2D eigenvalue weighted by molar-refractivity contribution is -0.141. The number of likely N-dealkylation sites (tertiary alicyclic amines) is 1. The largest absolute Gasteiger partial charge is 0.480 e. The van der Waals surface area contributed by atoms with Crippen molar-refractivity contribution < 1.29 is 14.7 Å². The Kier molecular flexibility index (Phi) is 4.68. The molecule has 1 saturated carbocycles. The second-order valence-corrected chi connectivity index (χ2v) is 7.88. The number of carbonyl (C=O) groups is 2. The summed E-state index contributed by atoms with van der Waals surface area (Å²) in [5.41, 5.74) is 1.97. The Balaban J connectivity index is 1.67. The quantitative estimate of drug-likeness (QED) is 0.871. The van der Waals surface area contributed by atoms with E-state index in [0.717, 1.165) is 31.4 Å². The molecular formula is C20H22ClN3O3. The summed E-state index contributed by atoms with van der Waals surface area (Å²) in [7, 11) is 0. The van der Waals surface area contributed by atoms with E-state index >= 15 is 0 Å². The molecule has 2 aliphatic rings. The van der Waals surface area contributed by atoms with Crippen LogP contribution in [0, 0.1) is 12.8 Å². The topological polar surface area (TPSA) is 75.4 Å². The van der Waals surface area contributed by atoms with Gasteiger partial charge in [0.1, 0.15) is 6.04 Å². The lowest BCUT2D eigenvalue weighted by Crippen LogP contribution is -2.46. The average Bonchev–Trinajstić information content (AvgIpc) is 3.23. The number of fused-ring (bicyclic) bond motifs is 1. The van der Waals surface area contributed by atoms with Gasteiger partial charge in [0.15, 0.2) is 0 Å². The molecule has 3 atom stereocenters. The van der Waals surface area contributed by atoms with Gasteiger partial charge < -0.3 is 10.0 Å². The van der Waals surface area contributed by atoms with Crippen molar-refractivity contribution in [3.63, 3.8) is 0 Å². The summed E-state index contributed by atoms with van der Waals surface area (Å²) in [5.74, 6) is -0.856. The molecule has 1 amide bonds. The molecule has 3 unspecified atom stereocenters. The molecular weight excluding hydrogens is 366 g/mol. The number of nitrogens with zero attached hydrogens (tertiary/aromatic N) is 3. The van der Waals surface area contributed by atoms with Crippen molar-refractivity contribution >= 4 is 23.5 Å². The Morgan fingerprint density at radius 1 is 1.19 bits per heavy atom. The molecule has 0 radical (unpaired) electrons. The summed E-state index contributed by atoms with van der Waals surface area (Å²) < 4.78 is 1.69. The van der Waals surface area contributed by atoms with Gasteiger partial charge >= 0.3 is 5.97 Å². The van der Waals surface area contributed by atoms with E-state index in [1.54, 1.807) is 27.9 Å². The van der Waals surface area contributed by atoms with Crippen LogP contribution in [-0.4, -0.2) is 43.7 Å². The SMILES string of the molecule is Cc1c(C(=O)N2C(C(=O)O)CC3CCCCC32)cnn1-c1ccc(Cl)cc1. The zero-order valence-corrected chi connectivity index (χ0v) is 15.9. The fourth-order valence-corrected chi connectivity index (χ4v) is 4.70. The molecule has 2 fully saturated rings. The number of rotatable bonds is 3. The highest BCUT2D eigenvalue weighted by atomic mass is 35.5. The minimum atomic E-state index is -0.916. The van der Waals surface area contributed by atoms with Gasteiger partial charge in [-0.05, 0) is 56.4 Å². The standard InChI is InChI=1S/C20H22ClN3O3/c1-12-16(11-22-24(12)15-8-6-14(21)7-9-15)19(25)23-17-5-3-2-4-13(17)10-18(23)20(26)27/h6-9,11,13,17-18H,2-5,10H2,1H3,(H,26,27). The number of carboxylic acid groups (broad SMARTS) is 1. The highest BCUT2D eigenvalue weighted by Gasteiger charge is 2.48. The van der Waals surface area contributed by atoms with E-state index < -0.39 is 12.0 Å². The predicted octanol–water partition coefficient (Wildman–Crippen LogP) is 3.69. The molecule has 4 rings (SSSR count). The normalized spacial score (nSPS) is 24.7. The molecule has 0 bridgehead atoms. The zero-order chi connectivity index (χ0) is 19.1. The van der Waals surface area contributed by atoms with Crippen molar-refractivity contribution in [1.82, 2.24) is 14.7 Å². The van der Waals surface area contributed by atoms with Crippen LogP contribution in [0.25, 0.3) is 5.69 Å². The minimum Gasteiger partial charge on any atom is -0.480 e. The highest BCUT2D eigenvalue weighted by Crippen LogP contribution is 2.40. The van der Waals surface area contributed by atoms with Crippen molar-refractivity contribution in [1.29, 1.82) is 0 Å². The van der Waals surface area contributed by atoms with Crippen LogP contribution < -0.4 is 0 Å². The molecule has 2 aromatic rings. The van der Waals surface area contributed by atoms with Gasteiger partial charge in [-0.3, -0.25) is 4.79 Å². The number of hydrogen-bond donors (Lipinski definition) is 1. The van der Waals surface area contributed by atoms with Crippen LogP contribution in [-0.2, 0) is 4.79 Å². The van der Waals surface area contributed by atoms with Gasteiger partial charge in [0.2, 0.25) is 0 Å². The van der Waals surface area contributed by atoms with E-state index in [0.29, 0.717) is 22.7 Å². The molecule has 7 heteroatoms. The second-order valence-electron chi connectivity index (χ2n) is 7.45. The van der Waals surface area contributed by atoms with Crippen LogP contribution in [0.1, 0.15) is 48.2 Å². The van der Waals surface area contributed by atoms with Crippen molar-refractivity contribution in [3.05, 3.63) is 46.7 Å². The smallest absolute Gasteiger partial charge is 0.326 e. The first-order valence-electron chi connectivity index (χ1n) is 9.33. The molecule has 142 valence electrons. The van der Waals surface area contributed by atoms with Crippen molar-refractivity contribution in [2.45, 2.75) is 51.1 Å². The van der Waals surface area contributed by atoms with E-state index in [1.165, 1.54) is 0 Å².